The minimum Gasteiger partial charge on any atom is -0.337 e. The van der Waals surface area contributed by atoms with Gasteiger partial charge in [-0.2, -0.15) is 17.0 Å². The Hall–Kier alpha value is -0.690. The molecule has 1 saturated carbocycles. The van der Waals surface area contributed by atoms with Gasteiger partial charge in [0.15, 0.2) is 0 Å². The lowest BCUT2D eigenvalue weighted by atomic mass is 10.0. The van der Waals surface area contributed by atoms with Gasteiger partial charge < -0.3 is 5.32 Å². The molecule has 1 atom stereocenters. The molecule has 2 fully saturated rings. The van der Waals surface area contributed by atoms with Gasteiger partial charge in [0.2, 0.25) is 5.91 Å². The maximum Gasteiger partial charge on any atom is 0.224 e. The first kappa shape index (κ1) is 8.89. The number of nitriles is 1. The molecule has 1 N–H and O–H groups in total. The molecule has 1 aliphatic heterocycles. The summed E-state index contributed by atoms with van der Waals surface area (Å²) in [4.78, 5) is 11.5. The lowest BCUT2D eigenvalue weighted by Crippen LogP contribution is -2.48. The summed E-state index contributed by atoms with van der Waals surface area (Å²) in [6, 6.07) is 2.24. The number of carbonyl (C=O) groups is 1. The normalized spacial score (nSPS) is 32.5. The molecular formula is C9H12N2OS. The highest BCUT2D eigenvalue weighted by Gasteiger charge is 2.40. The van der Waals surface area contributed by atoms with Crippen LogP contribution in [-0.2, 0) is 4.79 Å². The summed E-state index contributed by atoms with van der Waals surface area (Å²) < 4.78 is 0. The highest BCUT2D eigenvalue weighted by atomic mass is 32.2. The summed E-state index contributed by atoms with van der Waals surface area (Å²) in [5.74, 6) is 2.03. The number of hydrogen-bond donors (Lipinski definition) is 1. The van der Waals surface area contributed by atoms with Crippen LogP contribution in [-0.4, -0.2) is 23.0 Å². The van der Waals surface area contributed by atoms with E-state index in [1.54, 1.807) is 11.8 Å². The molecule has 0 bridgehead atoms. The number of nitrogens with zero attached hydrogens (tertiary/aromatic N) is 1. The Bertz CT molecular complexity index is 261. The minimum absolute atomic E-state index is 0.0871. The van der Waals surface area contributed by atoms with Crippen molar-refractivity contribution in [1.29, 1.82) is 5.26 Å². The molecule has 3 nitrogen and oxygen atoms in total. The molecule has 70 valence electrons. The number of rotatable bonds is 2. The summed E-state index contributed by atoms with van der Waals surface area (Å²) in [5, 5.41) is 11.9. The quantitative estimate of drug-likeness (QED) is 0.714. The third-order valence-corrected chi connectivity index (χ3v) is 3.74. The summed E-state index contributed by atoms with van der Waals surface area (Å²) in [7, 11) is 0. The Kier molecular flexibility index (Phi) is 2.20. The summed E-state index contributed by atoms with van der Waals surface area (Å²) in [6.07, 6.45) is 2.80. The van der Waals surface area contributed by atoms with E-state index < -0.39 is 5.54 Å². The lowest BCUT2D eigenvalue weighted by molar-refractivity contribution is -0.123. The third kappa shape index (κ3) is 1.80. The number of hydrogen-bond acceptors (Lipinski definition) is 3. The zero-order valence-corrected chi connectivity index (χ0v) is 8.19. The molecule has 1 amide bonds. The highest BCUT2D eigenvalue weighted by Crippen LogP contribution is 2.32. The van der Waals surface area contributed by atoms with Gasteiger partial charge in [-0.25, -0.2) is 0 Å². The van der Waals surface area contributed by atoms with E-state index in [1.165, 1.54) is 0 Å². The molecule has 0 aromatic carbocycles. The monoisotopic (exact) mass is 196 g/mol. The average Bonchev–Trinajstić information content (AvgIpc) is 2.89. The molecule has 0 aromatic rings. The fourth-order valence-corrected chi connectivity index (χ4v) is 2.73. The summed E-state index contributed by atoms with van der Waals surface area (Å²) in [5.41, 5.74) is -0.551. The molecule has 13 heavy (non-hydrogen) atoms. The highest BCUT2D eigenvalue weighted by molar-refractivity contribution is 7.99. The van der Waals surface area contributed by atoms with Crippen LogP contribution in [0.3, 0.4) is 0 Å². The van der Waals surface area contributed by atoms with Crippen molar-refractivity contribution in [2.45, 2.75) is 24.8 Å². The van der Waals surface area contributed by atoms with Gasteiger partial charge in [-0.15, -0.1) is 0 Å². The van der Waals surface area contributed by atoms with Crippen molar-refractivity contribution >= 4 is 17.7 Å². The predicted molar refractivity (Wildman–Crippen MR) is 51.2 cm³/mol. The van der Waals surface area contributed by atoms with Crippen molar-refractivity contribution in [2.24, 2.45) is 5.92 Å². The Balaban J connectivity index is 1.97. The van der Waals surface area contributed by atoms with Crippen LogP contribution in [0, 0.1) is 17.2 Å². The van der Waals surface area contributed by atoms with Crippen LogP contribution in [0.5, 0.6) is 0 Å². The van der Waals surface area contributed by atoms with Gasteiger partial charge in [-0.1, -0.05) is 0 Å². The molecule has 0 aromatic heterocycles. The van der Waals surface area contributed by atoms with Gasteiger partial charge in [0.1, 0.15) is 5.54 Å². The Morgan fingerprint density at radius 2 is 2.38 bits per heavy atom. The molecule has 1 heterocycles. The molecule has 1 saturated heterocycles. The van der Waals surface area contributed by atoms with E-state index in [2.05, 4.69) is 11.4 Å². The number of amides is 1. The fourth-order valence-electron chi connectivity index (χ4n) is 1.46. The zero-order chi connectivity index (χ0) is 9.31. The first-order chi connectivity index (χ1) is 6.26. The SMILES string of the molecule is N#CC1(NC(=O)C2CC2)CCSC1. The van der Waals surface area contributed by atoms with E-state index in [0.29, 0.717) is 0 Å². The van der Waals surface area contributed by atoms with Crippen LogP contribution in [0.25, 0.3) is 0 Å². The minimum atomic E-state index is -0.551. The fraction of sp³-hybridized carbons (Fsp3) is 0.778. The van der Waals surface area contributed by atoms with Gasteiger partial charge in [-0.05, 0) is 25.0 Å². The summed E-state index contributed by atoms with van der Waals surface area (Å²) >= 11 is 1.74. The van der Waals surface area contributed by atoms with Crippen LogP contribution < -0.4 is 5.32 Å². The van der Waals surface area contributed by atoms with Crippen LogP contribution >= 0.6 is 11.8 Å². The van der Waals surface area contributed by atoms with Crippen molar-refractivity contribution in [3.05, 3.63) is 0 Å². The number of nitrogens with one attached hydrogen (secondary N) is 1. The first-order valence-electron chi connectivity index (χ1n) is 4.57. The third-order valence-electron chi connectivity index (χ3n) is 2.55. The molecule has 1 aliphatic carbocycles. The second-order valence-corrected chi connectivity index (χ2v) is 4.87. The van der Waals surface area contributed by atoms with Gasteiger partial charge in [-0.3, -0.25) is 4.79 Å². The second kappa shape index (κ2) is 3.22. The molecule has 0 radical (unpaired) electrons. The molecule has 2 rings (SSSR count). The van der Waals surface area contributed by atoms with Gasteiger partial charge in [0, 0.05) is 11.7 Å². The molecule has 1 unspecified atom stereocenters. The number of carbonyl (C=O) groups excluding carboxylic acids is 1. The van der Waals surface area contributed by atoms with Crippen molar-refractivity contribution in [1.82, 2.24) is 5.32 Å². The summed E-state index contributed by atoms with van der Waals surface area (Å²) in [6.45, 7) is 0. The van der Waals surface area contributed by atoms with Gasteiger partial charge in [0.05, 0.1) is 6.07 Å². The van der Waals surface area contributed by atoms with E-state index in [4.69, 9.17) is 5.26 Å². The van der Waals surface area contributed by atoms with Gasteiger partial charge >= 0.3 is 0 Å². The largest absolute Gasteiger partial charge is 0.337 e. The van der Waals surface area contributed by atoms with Crippen molar-refractivity contribution in [2.75, 3.05) is 11.5 Å². The first-order valence-corrected chi connectivity index (χ1v) is 5.72. The standard InChI is InChI=1S/C9H12N2OS/c10-5-9(3-4-13-6-9)11-8(12)7-1-2-7/h7H,1-4,6H2,(H,11,12). The molecule has 4 heteroatoms. The van der Waals surface area contributed by atoms with Crippen LogP contribution in [0.4, 0.5) is 0 Å². The Morgan fingerprint density at radius 3 is 2.85 bits per heavy atom. The van der Waals surface area contributed by atoms with Crippen molar-refractivity contribution in [3.63, 3.8) is 0 Å². The van der Waals surface area contributed by atoms with E-state index in [0.717, 1.165) is 30.8 Å². The Morgan fingerprint density at radius 1 is 1.62 bits per heavy atom. The van der Waals surface area contributed by atoms with E-state index in [1.807, 2.05) is 0 Å². The predicted octanol–water partition coefficient (Wildman–Crippen LogP) is 0.912. The topological polar surface area (TPSA) is 52.9 Å². The van der Waals surface area contributed by atoms with Crippen molar-refractivity contribution < 1.29 is 4.79 Å². The molecule has 0 spiro atoms. The van der Waals surface area contributed by atoms with Crippen molar-refractivity contribution in [3.8, 4) is 6.07 Å². The average molecular weight is 196 g/mol. The van der Waals surface area contributed by atoms with Crippen LogP contribution in [0.15, 0.2) is 0 Å². The Labute approximate surface area is 81.9 Å². The molecular weight excluding hydrogens is 184 g/mol. The number of thioether (sulfide) groups is 1. The van der Waals surface area contributed by atoms with Gasteiger partial charge in [0.25, 0.3) is 0 Å². The van der Waals surface area contributed by atoms with E-state index in [-0.39, 0.29) is 11.8 Å². The second-order valence-electron chi connectivity index (χ2n) is 3.76. The maximum absolute atomic E-state index is 11.5. The lowest BCUT2D eigenvalue weighted by Gasteiger charge is -2.20. The van der Waals surface area contributed by atoms with Crippen LogP contribution in [0.1, 0.15) is 19.3 Å². The van der Waals surface area contributed by atoms with E-state index in [9.17, 15) is 4.79 Å². The smallest absolute Gasteiger partial charge is 0.224 e. The molecule has 2 aliphatic rings. The maximum atomic E-state index is 11.5. The van der Waals surface area contributed by atoms with Crippen LogP contribution in [0.2, 0.25) is 0 Å². The van der Waals surface area contributed by atoms with E-state index >= 15 is 0 Å². The zero-order valence-electron chi connectivity index (χ0n) is 7.38.